The number of nitrogens with zero attached hydrogens (tertiary/aromatic N) is 2. The molecule has 1 saturated heterocycles. The average molecular weight is 359 g/mol. The van der Waals surface area contributed by atoms with E-state index in [0.717, 1.165) is 26.1 Å². The first-order valence-corrected chi connectivity index (χ1v) is 7.53. The van der Waals surface area contributed by atoms with Gasteiger partial charge < -0.3 is 10.6 Å². The lowest BCUT2D eigenvalue weighted by Crippen LogP contribution is -2.58. The molecule has 4 heteroatoms. The van der Waals surface area contributed by atoms with E-state index in [4.69, 9.17) is 5.73 Å². The summed E-state index contributed by atoms with van der Waals surface area (Å²) in [5.41, 5.74) is 7.74. The van der Waals surface area contributed by atoms with Crippen LogP contribution in [0.4, 0.5) is 0 Å². The summed E-state index contributed by atoms with van der Waals surface area (Å²) in [4.78, 5) is 4.77. The Kier molecular flexibility index (Phi) is 5.00. The van der Waals surface area contributed by atoms with Crippen LogP contribution in [0.1, 0.15) is 5.56 Å². The number of halogens is 1. The van der Waals surface area contributed by atoms with Gasteiger partial charge in [0.05, 0.1) is 0 Å². The second kappa shape index (κ2) is 6.32. The lowest BCUT2D eigenvalue weighted by atomic mass is 9.97. The van der Waals surface area contributed by atoms with Gasteiger partial charge in [0.15, 0.2) is 0 Å². The third-order valence-electron chi connectivity index (χ3n) is 3.78. The first-order chi connectivity index (χ1) is 8.56. The molecule has 0 saturated carbocycles. The van der Waals surface area contributed by atoms with Crippen molar-refractivity contribution in [2.45, 2.75) is 18.5 Å². The zero-order valence-electron chi connectivity index (χ0n) is 11.1. The van der Waals surface area contributed by atoms with Crippen molar-refractivity contribution < 1.29 is 0 Å². The third kappa shape index (κ3) is 3.66. The molecule has 2 atom stereocenters. The highest BCUT2D eigenvalue weighted by Crippen LogP contribution is 2.14. The van der Waals surface area contributed by atoms with E-state index in [9.17, 15) is 0 Å². The van der Waals surface area contributed by atoms with Crippen molar-refractivity contribution in [2.75, 3.05) is 33.7 Å². The van der Waals surface area contributed by atoms with Crippen LogP contribution in [0.2, 0.25) is 0 Å². The van der Waals surface area contributed by atoms with E-state index in [0.29, 0.717) is 6.04 Å². The minimum Gasteiger partial charge on any atom is -0.326 e. The molecule has 2 unspecified atom stereocenters. The molecule has 100 valence electrons. The average Bonchev–Trinajstić information content (AvgIpc) is 2.35. The topological polar surface area (TPSA) is 32.5 Å². The van der Waals surface area contributed by atoms with Crippen LogP contribution in [-0.4, -0.2) is 55.6 Å². The predicted molar refractivity (Wildman–Crippen MR) is 84.8 cm³/mol. The molecule has 0 aromatic heterocycles. The molecule has 3 nitrogen and oxygen atoms in total. The van der Waals surface area contributed by atoms with Crippen LogP contribution in [0, 0.1) is 3.57 Å². The number of hydrogen-bond acceptors (Lipinski definition) is 3. The quantitative estimate of drug-likeness (QED) is 0.829. The summed E-state index contributed by atoms with van der Waals surface area (Å²) in [5.74, 6) is 0. The lowest BCUT2D eigenvalue weighted by Gasteiger charge is -2.40. The normalized spacial score (nSPS) is 24.1. The van der Waals surface area contributed by atoms with Gasteiger partial charge in [-0.25, -0.2) is 0 Å². The number of benzene rings is 1. The SMILES string of the molecule is CN1CCN(C)C(C(N)Cc2ccc(I)cc2)C1. The largest absolute Gasteiger partial charge is 0.326 e. The molecule has 1 heterocycles. The van der Waals surface area contributed by atoms with Gasteiger partial charge in [0.25, 0.3) is 0 Å². The Balaban J connectivity index is 1.98. The summed E-state index contributed by atoms with van der Waals surface area (Å²) < 4.78 is 1.28. The molecule has 0 radical (unpaired) electrons. The standard InChI is InChI=1S/C14H22IN3/c1-17-7-8-18(2)14(10-17)13(16)9-11-3-5-12(15)6-4-11/h3-6,13-14H,7-10,16H2,1-2H3. The molecule has 1 fully saturated rings. The van der Waals surface area contributed by atoms with Gasteiger partial charge in [0.1, 0.15) is 0 Å². The molecule has 0 amide bonds. The maximum absolute atomic E-state index is 6.40. The molecule has 1 aromatic rings. The zero-order chi connectivity index (χ0) is 13.1. The first kappa shape index (κ1) is 14.2. The van der Waals surface area contributed by atoms with E-state index in [1.807, 2.05) is 0 Å². The van der Waals surface area contributed by atoms with E-state index < -0.39 is 0 Å². The van der Waals surface area contributed by atoms with E-state index in [2.05, 4.69) is 70.8 Å². The van der Waals surface area contributed by atoms with E-state index in [1.165, 1.54) is 9.13 Å². The van der Waals surface area contributed by atoms with Crippen molar-refractivity contribution in [2.24, 2.45) is 5.73 Å². The summed E-state index contributed by atoms with van der Waals surface area (Å²) >= 11 is 2.33. The Morgan fingerprint density at radius 2 is 1.94 bits per heavy atom. The molecular weight excluding hydrogens is 337 g/mol. The highest BCUT2D eigenvalue weighted by Gasteiger charge is 2.27. The number of nitrogens with two attached hydrogens (primary N) is 1. The van der Waals surface area contributed by atoms with Crippen molar-refractivity contribution >= 4 is 22.6 Å². The maximum atomic E-state index is 6.40. The van der Waals surface area contributed by atoms with Crippen LogP contribution in [0.25, 0.3) is 0 Å². The smallest absolute Gasteiger partial charge is 0.0375 e. The minimum atomic E-state index is 0.206. The van der Waals surface area contributed by atoms with Gasteiger partial charge in [0, 0.05) is 35.3 Å². The van der Waals surface area contributed by atoms with E-state index >= 15 is 0 Å². The zero-order valence-corrected chi connectivity index (χ0v) is 13.3. The maximum Gasteiger partial charge on any atom is 0.0375 e. The lowest BCUT2D eigenvalue weighted by molar-refractivity contribution is 0.0973. The fourth-order valence-electron chi connectivity index (χ4n) is 2.54. The summed E-state index contributed by atoms with van der Waals surface area (Å²) in [6.45, 7) is 3.33. The highest BCUT2D eigenvalue weighted by molar-refractivity contribution is 14.1. The highest BCUT2D eigenvalue weighted by atomic mass is 127. The second-order valence-corrected chi connectivity index (χ2v) is 6.55. The van der Waals surface area contributed by atoms with Crippen molar-refractivity contribution in [3.8, 4) is 0 Å². The van der Waals surface area contributed by atoms with Crippen molar-refractivity contribution in [3.05, 3.63) is 33.4 Å². The molecule has 0 spiro atoms. The predicted octanol–water partition coefficient (Wildman–Crippen LogP) is 1.41. The Morgan fingerprint density at radius 3 is 2.61 bits per heavy atom. The Bertz CT molecular complexity index is 379. The van der Waals surface area contributed by atoms with Gasteiger partial charge in [-0.3, -0.25) is 4.90 Å². The summed E-state index contributed by atoms with van der Waals surface area (Å²) in [6.07, 6.45) is 0.958. The second-order valence-electron chi connectivity index (χ2n) is 5.30. The Labute approximate surface area is 123 Å². The van der Waals surface area contributed by atoms with Gasteiger partial charge in [-0.2, -0.15) is 0 Å². The molecule has 2 rings (SSSR count). The van der Waals surface area contributed by atoms with E-state index in [1.54, 1.807) is 0 Å². The van der Waals surface area contributed by atoms with Gasteiger partial charge >= 0.3 is 0 Å². The number of hydrogen-bond donors (Lipinski definition) is 1. The van der Waals surface area contributed by atoms with Gasteiger partial charge in [0.2, 0.25) is 0 Å². The van der Waals surface area contributed by atoms with E-state index in [-0.39, 0.29) is 6.04 Å². The molecule has 0 aliphatic carbocycles. The number of rotatable bonds is 3. The van der Waals surface area contributed by atoms with Crippen LogP contribution in [0.15, 0.2) is 24.3 Å². The summed E-state index contributed by atoms with van der Waals surface area (Å²) in [7, 11) is 4.36. The van der Waals surface area contributed by atoms with Gasteiger partial charge in [-0.05, 0) is 60.8 Å². The van der Waals surface area contributed by atoms with Crippen LogP contribution >= 0.6 is 22.6 Å². The minimum absolute atomic E-state index is 0.206. The molecule has 2 N–H and O–H groups in total. The summed E-state index contributed by atoms with van der Waals surface area (Å²) in [5, 5.41) is 0. The fraction of sp³-hybridized carbons (Fsp3) is 0.571. The van der Waals surface area contributed by atoms with Gasteiger partial charge in [-0.1, -0.05) is 12.1 Å². The first-order valence-electron chi connectivity index (χ1n) is 6.45. The van der Waals surface area contributed by atoms with Gasteiger partial charge in [-0.15, -0.1) is 0 Å². The Hall–Kier alpha value is -0.170. The molecule has 0 bridgehead atoms. The Morgan fingerprint density at radius 1 is 1.28 bits per heavy atom. The molecular formula is C14H22IN3. The number of likely N-dealkylation sites (N-methyl/N-ethyl adjacent to an activating group) is 2. The fourth-order valence-corrected chi connectivity index (χ4v) is 2.89. The van der Waals surface area contributed by atoms with Crippen LogP contribution in [-0.2, 0) is 6.42 Å². The monoisotopic (exact) mass is 359 g/mol. The van der Waals surface area contributed by atoms with Crippen molar-refractivity contribution in [1.82, 2.24) is 9.80 Å². The molecule has 18 heavy (non-hydrogen) atoms. The van der Waals surface area contributed by atoms with Crippen molar-refractivity contribution in [1.29, 1.82) is 0 Å². The van der Waals surface area contributed by atoms with Crippen molar-refractivity contribution in [3.63, 3.8) is 0 Å². The van der Waals surface area contributed by atoms with Crippen LogP contribution in [0.5, 0.6) is 0 Å². The third-order valence-corrected chi connectivity index (χ3v) is 4.50. The molecule has 1 aliphatic heterocycles. The number of piperazine rings is 1. The van der Waals surface area contributed by atoms with Crippen LogP contribution in [0.3, 0.4) is 0 Å². The summed E-state index contributed by atoms with van der Waals surface area (Å²) in [6, 6.07) is 9.35. The molecule has 1 aliphatic rings. The molecule has 1 aromatic carbocycles. The van der Waals surface area contributed by atoms with Crippen LogP contribution < -0.4 is 5.73 Å².